The maximum Gasteiger partial charge on any atom is 0.249 e. The number of carbonyl (C=O) groups is 1. The fourth-order valence-electron chi connectivity index (χ4n) is 2.00. The summed E-state index contributed by atoms with van der Waals surface area (Å²) in [5.41, 5.74) is 6.27. The minimum Gasteiger partial charge on any atom is -0.368 e. The summed E-state index contributed by atoms with van der Waals surface area (Å²) >= 11 is 1.59. The van der Waals surface area contributed by atoms with E-state index in [1.807, 2.05) is 18.4 Å². The molecule has 1 aliphatic heterocycles. The first kappa shape index (κ1) is 14.1. The molecule has 2 heterocycles. The molecule has 4 nitrogen and oxygen atoms in total. The Hall–Kier alpha value is -1.35. The molecule has 102 valence electrons. The van der Waals surface area contributed by atoms with Gasteiger partial charge in [-0.1, -0.05) is 18.8 Å². The van der Waals surface area contributed by atoms with E-state index in [9.17, 15) is 4.79 Å². The minimum atomic E-state index is -0.295. The summed E-state index contributed by atoms with van der Waals surface area (Å²) in [7, 11) is 0. The van der Waals surface area contributed by atoms with E-state index in [4.69, 9.17) is 10.5 Å². The van der Waals surface area contributed by atoms with Crippen LogP contribution < -0.4 is 11.1 Å². The monoisotopic (exact) mass is 278 g/mol. The molecule has 1 aromatic heterocycles. The highest BCUT2D eigenvalue weighted by Gasteiger charge is 2.30. The van der Waals surface area contributed by atoms with Gasteiger partial charge in [0.15, 0.2) is 0 Å². The summed E-state index contributed by atoms with van der Waals surface area (Å²) in [5.74, 6) is 6.06. The van der Waals surface area contributed by atoms with Crippen molar-refractivity contribution >= 4 is 17.2 Å². The van der Waals surface area contributed by atoms with Gasteiger partial charge in [0.1, 0.15) is 6.10 Å². The van der Waals surface area contributed by atoms with E-state index in [1.54, 1.807) is 11.3 Å². The average Bonchev–Trinajstić information content (AvgIpc) is 3.02. The Morgan fingerprint density at radius 3 is 3.21 bits per heavy atom. The number of thiophene rings is 1. The molecule has 1 saturated heterocycles. The van der Waals surface area contributed by atoms with Crippen LogP contribution in [-0.4, -0.2) is 25.2 Å². The molecule has 1 aliphatic rings. The van der Waals surface area contributed by atoms with E-state index in [-0.39, 0.29) is 12.0 Å². The van der Waals surface area contributed by atoms with Crippen LogP contribution in [-0.2, 0) is 16.1 Å². The molecule has 0 aromatic carbocycles. The lowest BCUT2D eigenvalue weighted by atomic mass is 10.0. The maximum atomic E-state index is 11.9. The predicted molar refractivity (Wildman–Crippen MR) is 75.6 cm³/mol. The van der Waals surface area contributed by atoms with Crippen molar-refractivity contribution in [3.8, 4) is 11.8 Å². The van der Waals surface area contributed by atoms with Crippen molar-refractivity contribution in [2.24, 2.45) is 11.7 Å². The Kier molecular flexibility index (Phi) is 4.97. The second-order valence-corrected chi connectivity index (χ2v) is 5.58. The molecular weight excluding hydrogens is 260 g/mol. The molecule has 19 heavy (non-hydrogen) atoms. The lowest BCUT2D eigenvalue weighted by Crippen LogP contribution is -2.36. The molecule has 2 rings (SSSR count). The first-order valence-corrected chi connectivity index (χ1v) is 7.24. The Labute approximate surface area is 117 Å². The number of amides is 1. The lowest BCUT2D eigenvalue weighted by molar-refractivity contribution is -0.131. The van der Waals surface area contributed by atoms with Gasteiger partial charge in [0, 0.05) is 22.4 Å². The second kappa shape index (κ2) is 6.71. The summed E-state index contributed by atoms with van der Waals surface area (Å²) in [5, 5.41) is 4.89. The number of hydrogen-bond acceptors (Lipinski definition) is 4. The normalized spacial score (nSPS) is 21.8. The van der Waals surface area contributed by atoms with Gasteiger partial charge in [0.25, 0.3) is 0 Å². The van der Waals surface area contributed by atoms with Crippen molar-refractivity contribution in [1.82, 2.24) is 5.32 Å². The van der Waals surface area contributed by atoms with Gasteiger partial charge in [-0.15, -0.1) is 11.3 Å². The molecule has 0 radical (unpaired) electrons. The van der Waals surface area contributed by atoms with Crippen molar-refractivity contribution in [2.75, 3.05) is 13.2 Å². The molecule has 5 heteroatoms. The van der Waals surface area contributed by atoms with Gasteiger partial charge in [-0.25, -0.2) is 0 Å². The number of rotatable bonds is 3. The zero-order chi connectivity index (χ0) is 13.7. The molecule has 0 aliphatic carbocycles. The summed E-state index contributed by atoms with van der Waals surface area (Å²) in [6.07, 6.45) is 0.659. The molecule has 0 bridgehead atoms. The first-order chi connectivity index (χ1) is 9.20. The second-order valence-electron chi connectivity index (χ2n) is 4.58. The van der Waals surface area contributed by atoms with Crippen LogP contribution in [0.4, 0.5) is 0 Å². The standard InChI is InChI=1S/C14H18N2O2S/c1-10-4-6-18-13(10)14(17)16-8-12-7-11(9-19-12)3-2-5-15/h7,9-10,13H,4-6,8,15H2,1H3,(H,16,17). The molecule has 2 unspecified atom stereocenters. The Balaban J connectivity index is 1.85. The van der Waals surface area contributed by atoms with Gasteiger partial charge >= 0.3 is 0 Å². The van der Waals surface area contributed by atoms with E-state index in [2.05, 4.69) is 17.2 Å². The average molecular weight is 278 g/mol. The fraction of sp³-hybridized carbons (Fsp3) is 0.500. The third-order valence-corrected chi connectivity index (χ3v) is 4.01. The third-order valence-electron chi connectivity index (χ3n) is 3.07. The largest absolute Gasteiger partial charge is 0.368 e. The van der Waals surface area contributed by atoms with Crippen LogP contribution in [0.15, 0.2) is 11.4 Å². The van der Waals surface area contributed by atoms with Gasteiger partial charge in [0.2, 0.25) is 5.91 Å². The molecular formula is C14H18N2O2S. The van der Waals surface area contributed by atoms with Crippen molar-refractivity contribution in [1.29, 1.82) is 0 Å². The molecule has 1 amide bonds. The van der Waals surface area contributed by atoms with Crippen LogP contribution in [0.3, 0.4) is 0 Å². The van der Waals surface area contributed by atoms with E-state index in [1.165, 1.54) is 0 Å². The molecule has 0 saturated carbocycles. The molecule has 1 aromatic rings. The number of ether oxygens (including phenoxy) is 1. The van der Waals surface area contributed by atoms with Crippen LogP contribution in [0.25, 0.3) is 0 Å². The Morgan fingerprint density at radius 2 is 2.53 bits per heavy atom. The van der Waals surface area contributed by atoms with Crippen LogP contribution >= 0.6 is 11.3 Å². The van der Waals surface area contributed by atoms with Crippen LogP contribution in [0, 0.1) is 17.8 Å². The summed E-state index contributed by atoms with van der Waals surface area (Å²) in [4.78, 5) is 13.0. The molecule has 0 spiro atoms. The Bertz CT molecular complexity index is 501. The lowest BCUT2D eigenvalue weighted by Gasteiger charge is -2.13. The zero-order valence-electron chi connectivity index (χ0n) is 10.9. The number of carbonyl (C=O) groups excluding carboxylic acids is 1. The van der Waals surface area contributed by atoms with Crippen molar-refractivity contribution in [2.45, 2.75) is 26.0 Å². The quantitative estimate of drug-likeness (QED) is 0.814. The van der Waals surface area contributed by atoms with Crippen molar-refractivity contribution < 1.29 is 9.53 Å². The highest BCUT2D eigenvalue weighted by atomic mass is 32.1. The highest BCUT2D eigenvalue weighted by molar-refractivity contribution is 7.10. The Morgan fingerprint density at radius 1 is 1.68 bits per heavy atom. The predicted octanol–water partition coefficient (Wildman–Crippen LogP) is 1.10. The topological polar surface area (TPSA) is 64.3 Å². The van der Waals surface area contributed by atoms with Gasteiger partial charge < -0.3 is 15.8 Å². The summed E-state index contributed by atoms with van der Waals surface area (Å²) < 4.78 is 5.43. The van der Waals surface area contributed by atoms with Crippen molar-refractivity contribution in [3.05, 3.63) is 21.9 Å². The van der Waals surface area contributed by atoms with Crippen LogP contribution in [0.1, 0.15) is 23.8 Å². The molecule has 1 fully saturated rings. The fourth-order valence-corrected chi connectivity index (χ4v) is 2.75. The van der Waals surface area contributed by atoms with Gasteiger partial charge in [-0.3, -0.25) is 4.79 Å². The van der Waals surface area contributed by atoms with E-state index in [0.29, 0.717) is 25.6 Å². The van der Waals surface area contributed by atoms with E-state index >= 15 is 0 Å². The third kappa shape index (κ3) is 3.80. The van der Waals surface area contributed by atoms with Gasteiger partial charge in [0.05, 0.1) is 13.1 Å². The van der Waals surface area contributed by atoms with Gasteiger partial charge in [-0.2, -0.15) is 0 Å². The van der Waals surface area contributed by atoms with Gasteiger partial charge in [-0.05, 0) is 18.4 Å². The highest BCUT2D eigenvalue weighted by Crippen LogP contribution is 2.20. The van der Waals surface area contributed by atoms with Crippen LogP contribution in [0.5, 0.6) is 0 Å². The number of nitrogens with two attached hydrogens (primary N) is 1. The molecule has 2 atom stereocenters. The van der Waals surface area contributed by atoms with E-state index < -0.39 is 0 Å². The van der Waals surface area contributed by atoms with E-state index in [0.717, 1.165) is 16.9 Å². The van der Waals surface area contributed by atoms with Crippen LogP contribution in [0.2, 0.25) is 0 Å². The minimum absolute atomic E-state index is 0.0204. The summed E-state index contributed by atoms with van der Waals surface area (Å²) in [6.45, 7) is 3.61. The number of hydrogen-bond donors (Lipinski definition) is 2. The first-order valence-electron chi connectivity index (χ1n) is 6.36. The summed E-state index contributed by atoms with van der Waals surface area (Å²) in [6, 6.07) is 1.98. The smallest absolute Gasteiger partial charge is 0.249 e. The SMILES string of the molecule is CC1CCOC1C(=O)NCc1cc(C#CCN)cs1. The number of nitrogens with one attached hydrogen (secondary N) is 1. The molecule has 3 N–H and O–H groups in total. The van der Waals surface area contributed by atoms with Crippen molar-refractivity contribution in [3.63, 3.8) is 0 Å². The zero-order valence-corrected chi connectivity index (χ0v) is 11.8. The maximum absolute atomic E-state index is 11.9.